The number of benzene rings is 2. The van der Waals surface area contributed by atoms with Crippen LogP contribution in [0.5, 0.6) is 0 Å². The lowest BCUT2D eigenvalue weighted by molar-refractivity contribution is -0.120. The summed E-state index contributed by atoms with van der Waals surface area (Å²) < 4.78 is 0. The topological polar surface area (TPSA) is 104 Å². The van der Waals surface area contributed by atoms with E-state index in [4.69, 9.17) is 0 Å². The first-order valence-electron chi connectivity index (χ1n) is 8.62. The van der Waals surface area contributed by atoms with Crippen LogP contribution < -0.4 is 16.2 Å². The predicted molar refractivity (Wildman–Crippen MR) is 104 cm³/mol. The van der Waals surface area contributed by atoms with E-state index in [1.54, 1.807) is 49.5 Å². The lowest BCUT2D eigenvalue weighted by Crippen LogP contribution is -2.20. The van der Waals surface area contributed by atoms with E-state index in [0.29, 0.717) is 35.3 Å². The Kier molecular flexibility index (Phi) is 5.61. The summed E-state index contributed by atoms with van der Waals surface area (Å²) in [4.78, 5) is 42.7. The molecule has 0 saturated heterocycles. The number of aryl methyl sites for hydroxylation is 1. The molecule has 0 fully saturated rings. The van der Waals surface area contributed by atoms with Crippen molar-refractivity contribution in [3.8, 4) is 0 Å². The highest BCUT2D eigenvalue weighted by atomic mass is 16.2. The molecule has 0 atom stereocenters. The smallest absolute Gasteiger partial charge is 0.258 e. The fourth-order valence-electron chi connectivity index (χ4n) is 2.69. The van der Waals surface area contributed by atoms with Gasteiger partial charge in [-0.2, -0.15) is 0 Å². The minimum atomic E-state index is -0.206. The van der Waals surface area contributed by atoms with E-state index in [0.717, 1.165) is 5.56 Å². The second-order valence-electron chi connectivity index (χ2n) is 6.12. The number of aromatic nitrogens is 2. The molecule has 0 bridgehead atoms. The van der Waals surface area contributed by atoms with Crippen LogP contribution in [-0.2, 0) is 22.4 Å². The molecular weight excluding hydrogens is 344 g/mol. The molecule has 1 heterocycles. The summed E-state index contributed by atoms with van der Waals surface area (Å²) in [6.45, 7) is 0. The molecule has 3 rings (SSSR count). The second kappa shape index (κ2) is 8.27. The SMILES string of the molecule is CNC(=O)Cc1ccc(NC(=O)CCc2nc3ccccc3c(=O)[nH]2)cc1. The third kappa shape index (κ3) is 4.78. The van der Waals surface area contributed by atoms with Gasteiger partial charge in [0.1, 0.15) is 5.82 Å². The van der Waals surface area contributed by atoms with Crippen molar-refractivity contribution in [1.82, 2.24) is 15.3 Å². The van der Waals surface area contributed by atoms with E-state index in [-0.39, 0.29) is 23.8 Å². The molecule has 7 nitrogen and oxygen atoms in total. The third-order valence-corrected chi connectivity index (χ3v) is 4.13. The molecule has 3 N–H and O–H groups in total. The molecule has 27 heavy (non-hydrogen) atoms. The van der Waals surface area contributed by atoms with Crippen molar-refractivity contribution in [2.75, 3.05) is 12.4 Å². The molecule has 0 aliphatic carbocycles. The maximum atomic E-state index is 12.1. The van der Waals surface area contributed by atoms with E-state index in [9.17, 15) is 14.4 Å². The number of aromatic amines is 1. The number of hydrogen-bond acceptors (Lipinski definition) is 4. The highest BCUT2D eigenvalue weighted by Gasteiger charge is 2.08. The summed E-state index contributed by atoms with van der Waals surface area (Å²) in [6.07, 6.45) is 0.827. The molecule has 138 valence electrons. The highest BCUT2D eigenvalue weighted by Crippen LogP contribution is 2.11. The van der Waals surface area contributed by atoms with E-state index in [1.165, 1.54) is 0 Å². The molecule has 0 spiro atoms. The zero-order valence-corrected chi connectivity index (χ0v) is 14.9. The second-order valence-corrected chi connectivity index (χ2v) is 6.12. The van der Waals surface area contributed by atoms with E-state index in [1.807, 2.05) is 6.07 Å². The number of rotatable bonds is 6. The number of fused-ring (bicyclic) bond motifs is 1. The van der Waals surface area contributed by atoms with Crippen LogP contribution in [0.25, 0.3) is 10.9 Å². The van der Waals surface area contributed by atoms with Gasteiger partial charge in [0.15, 0.2) is 0 Å². The summed E-state index contributed by atoms with van der Waals surface area (Å²) in [5.74, 6) is 0.239. The van der Waals surface area contributed by atoms with Crippen LogP contribution in [0.2, 0.25) is 0 Å². The zero-order chi connectivity index (χ0) is 19.2. The van der Waals surface area contributed by atoms with Crippen LogP contribution in [0.4, 0.5) is 5.69 Å². The minimum absolute atomic E-state index is 0.0661. The normalized spacial score (nSPS) is 10.6. The van der Waals surface area contributed by atoms with Gasteiger partial charge in [-0.25, -0.2) is 4.98 Å². The van der Waals surface area contributed by atoms with E-state index < -0.39 is 0 Å². The average Bonchev–Trinajstić information content (AvgIpc) is 2.68. The number of para-hydroxylation sites is 1. The first-order valence-corrected chi connectivity index (χ1v) is 8.62. The zero-order valence-electron chi connectivity index (χ0n) is 14.9. The molecule has 0 aliphatic heterocycles. The maximum Gasteiger partial charge on any atom is 0.258 e. The third-order valence-electron chi connectivity index (χ3n) is 4.13. The van der Waals surface area contributed by atoms with Gasteiger partial charge in [-0.15, -0.1) is 0 Å². The lowest BCUT2D eigenvalue weighted by Gasteiger charge is -2.07. The number of carbonyl (C=O) groups is 2. The fraction of sp³-hybridized carbons (Fsp3) is 0.200. The quantitative estimate of drug-likeness (QED) is 0.620. The highest BCUT2D eigenvalue weighted by molar-refractivity contribution is 5.91. The predicted octanol–water partition coefficient (Wildman–Crippen LogP) is 1.78. The van der Waals surface area contributed by atoms with Crippen molar-refractivity contribution >= 4 is 28.4 Å². The van der Waals surface area contributed by atoms with Crippen molar-refractivity contribution in [1.29, 1.82) is 0 Å². The van der Waals surface area contributed by atoms with E-state index in [2.05, 4.69) is 20.6 Å². The largest absolute Gasteiger partial charge is 0.359 e. The first kappa shape index (κ1) is 18.3. The monoisotopic (exact) mass is 364 g/mol. The van der Waals surface area contributed by atoms with Gasteiger partial charge in [0.05, 0.1) is 17.3 Å². The Morgan fingerprint density at radius 2 is 1.78 bits per heavy atom. The van der Waals surface area contributed by atoms with Crippen LogP contribution in [0, 0.1) is 0 Å². The van der Waals surface area contributed by atoms with Gasteiger partial charge in [0, 0.05) is 25.6 Å². The summed E-state index contributed by atoms with van der Waals surface area (Å²) in [7, 11) is 1.59. The molecule has 0 aliphatic rings. The molecule has 0 unspecified atom stereocenters. The lowest BCUT2D eigenvalue weighted by atomic mass is 10.1. The molecule has 3 aromatic rings. The Bertz CT molecular complexity index is 1030. The van der Waals surface area contributed by atoms with Gasteiger partial charge in [0.25, 0.3) is 5.56 Å². The van der Waals surface area contributed by atoms with Crippen molar-refractivity contribution in [2.45, 2.75) is 19.3 Å². The van der Waals surface area contributed by atoms with Crippen LogP contribution in [0.1, 0.15) is 17.8 Å². The fourth-order valence-corrected chi connectivity index (χ4v) is 2.69. The average molecular weight is 364 g/mol. The first-order chi connectivity index (χ1) is 13.0. The molecule has 2 aromatic carbocycles. The van der Waals surface area contributed by atoms with Gasteiger partial charge < -0.3 is 15.6 Å². The van der Waals surface area contributed by atoms with Crippen molar-refractivity contribution in [3.05, 3.63) is 70.3 Å². The Morgan fingerprint density at radius 3 is 2.52 bits per heavy atom. The Labute approximate surface area is 155 Å². The number of nitrogens with zero attached hydrogens (tertiary/aromatic N) is 1. The maximum absolute atomic E-state index is 12.1. The van der Waals surface area contributed by atoms with Crippen molar-refractivity contribution in [3.63, 3.8) is 0 Å². The number of anilines is 1. The standard InChI is InChI=1S/C20H20N4O3/c1-21-19(26)12-13-6-8-14(9-7-13)22-18(25)11-10-17-23-16-5-3-2-4-15(16)20(27)24-17/h2-9H,10-12H2,1H3,(H,21,26)(H,22,25)(H,23,24,27). The summed E-state index contributed by atoms with van der Waals surface area (Å²) in [6, 6.07) is 14.2. The number of amides is 2. The number of hydrogen-bond donors (Lipinski definition) is 3. The van der Waals surface area contributed by atoms with Crippen LogP contribution >= 0.6 is 0 Å². The van der Waals surface area contributed by atoms with Crippen LogP contribution in [0.3, 0.4) is 0 Å². The van der Waals surface area contributed by atoms with Crippen molar-refractivity contribution < 1.29 is 9.59 Å². The van der Waals surface area contributed by atoms with Crippen molar-refractivity contribution in [2.24, 2.45) is 0 Å². The molecule has 0 saturated carbocycles. The Morgan fingerprint density at radius 1 is 1.04 bits per heavy atom. The Hall–Kier alpha value is -3.48. The number of likely N-dealkylation sites (N-methyl/N-ethyl adjacent to an activating group) is 1. The van der Waals surface area contributed by atoms with Gasteiger partial charge in [-0.3, -0.25) is 14.4 Å². The number of nitrogens with one attached hydrogen (secondary N) is 3. The number of carbonyl (C=O) groups excluding carboxylic acids is 2. The summed E-state index contributed by atoms with van der Waals surface area (Å²) in [5, 5.41) is 5.90. The minimum Gasteiger partial charge on any atom is -0.359 e. The van der Waals surface area contributed by atoms with Gasteiger partial charge in [-0.1, -0.05) is 24.3 Å². The molecule has 7 heteroatoms. The van der Waals surface area contributed by atoms with Crippen LogP contribution in [-0.4, -0.2) is 28.8 Å². The number of H-pyrrole nitrogens is 1. The molecule has 1 aromatic heterocycles. The van der Waals surface area contributed by atoms with Crippen LogP contribution in [0.15, 0.2) is 53.3 Å². The molecule has 0 radical (unpaired) electrons. The van der Waals surface area contributed by atoms with Gasteiger partial charge >= 0.3 is 0 Å². The molecule has 2 amide bonds. The molecular formula is C20H20N4O3. The van der Waals surface area contributed by atoms with Gasteiger partial charge in [0.2, 0.25) is 11.8 Å². The van der Waals surface area contributed by atoms with Gasteiger partial charge in [-0.05, 0) is 29.8 Å². The summed E-state index contributed by atoms with van der Waals surface area (Å²) >= 11 is 0. The summed E-state index contributed by atoms with van der Waals surface area (Å²) in [5.41, 5.74) is 1.93. The van der Waals surface area contributed by atoms with E-state index >= 15 is 0 Å². The Balaban J connectivity index is 1.58.